The number of nitrogens with two attached hydrogens (primary N) is 1. The molecule has 0 amide bonds. The van der Waals surface area contributed by atoms with Gasteiger partial charge >= 0.3 is 0 Å². The van der Waals surface area contributed by atoms with Gasteiger partial charge < -0.3 is 5.73 Å². The zero-order valence-corrected chi connectivity index (χ0v) is 10.6. The highest BCUT2D eigenvalue weighted by molar-refractivity contribution is 7.15. The highest BCUT2D eigenvalue weighted by Gasteiger charge is 2.08. The first kappa shape index (κ1) is 11.4. The van der Waals surface area contributed by atoms with Gasteiger partial charge in [-0.2, -0.15) is 0 Å². The molecule has 2 nitrogen and oxygen atoms in total. The minimum Gasteiger partial charge on any atom is -0.375 e. The number of aromatic nitrogens is 1. The predicted octanol–water partition coefficient (Wildman–Crippen LogP) is 3.53. The summed E-state index contributed by atoms with van der Waals surface area (Å²) < 4.78 is 0. The molecule has 84 valence electrons. The Morgan fingerprint density at radius 2 is 2.25 bits per heavy atom. The molecule has 1 heterocycles. The molecule has 0 aliphatic rings. The molecule has 0 spiro atoms. The molecule has 0 bridgehead atoms. The summed E-state index contributed by atoms with van der Waals surface area (Å²) in [5, 5.41) is 1.42. The Bertz CT molecular complexity index is 494. The van der Waals surface area contributed by atoms with Crippen molar-refractivity contribution in [3.05, 3.63) is 45.4 Å². The zero-order chi connectivity index (χ0) is 11.5. The van der Waals surface area contributed by atoms with Gasteiger partial charge in [0.2, 0.25) is 0 Å². The van der Waals surface area contributed by atoms with Gasteiger partial charge in [-0.3, -0.25) is 0 Å². The van der Waals surface area contributed by atoms with Gasteiger partial charge in [-0.25, -0.2) is 4.98 Å². The van der Waals surface area contributed by atoms with Crippen molar-refractivity contribution in [2.24, 2.45) is 0 Å². The summed E-state index contributed by atoms with van der Waals surface area (Å²) in [6.45, 7) is 2.09. The number of hydrogen-bond acceptors (Lipinski definition) is 3. The van der Waals surface area contributed by atoms with E-state index < -0.39 is 0 Å². The second-order valence-electron chi connectivity index (χ2n) is 3.58. The van der Waals surface area contributed by atoms with Crippen LogP contribution in [0.2, 0.25) is 5.02 Å². The van der Waals surface area contributed by atoms with Crippen LogP contribution in [-0.2, 0) is 12.8 Å². The summed E-state index contributed by atoms with van der Waals surface area (Å²) in [4.78, 5) is 5.55. The third-order valence-corrected chi connectivity index (χ3v) is 3.55. The van der Waals surface area contributed by atoms with Crippen molar-refractivity contribution < 1.29 is 0 Å². The molecule has 0 radical (unpaired) electrons. The van der Waals surface area contributed by atoms with Gasteiger partial charge in [-0.05, 0) is 24.1 Å². The molecule has 1 aromatic heterocycles. The second-order valence-corrected chi connectivity index (χ2v) is 5.13. The number of rotatable bonds is 3. The lowest BCUT2D eigenvalue weighted by Crippen LogP contribution is -1.91. The summed E-state index contributed by atoms with van der Waals surface area (Å²) in [5.74, 6) is 0. The van der Waals surface area contributed by atoms with Crippen LogP contribution < -0.4 is 5.73 Å². The van der Waals surface area contributed by atoms with Crippen LogP contribution in [0.5, 0.6) is 0 Å². The molecular formula is C12H13ClN2S. The molecule has 0 aliphatic heterocycles. The van der Waals surface area contributed by atoms with Gasteiger partial charge in [-0.15, -0.1) is 11.3 Å². The molecule has 0 saturated heterocycles. The molecule has 0 unspecified atom stereocenters. The van der Waals surface area contributed by atoms with Gasteiger partial charge in [0, 0.05) is 16.3 Å². The maximum Gasteiger partial charge on any atom is 0.180 e. The number of anilines is 1. The van der Waals surface area contributed by atoms with Crippen molar-refractivity contribution in [2.45, 2.75) is 19.8 Å². The molecule has 2 rings (SSSR count). The Morgan fingerprint density at radius 1 is 1.44 bits per heavy atom. The quantitative estimate of drug-likeness (QED) is 0.908. The number of aryl methyl sites for hydroxylation is 1. The Labute approximate surface area is 104 Å². The molecule has 0 atom stereocenters. The minimum atomic E-state index is 0.647. The maximum absolute atomic E-state index is 5.95. The van der Waals surface area contributed by atoms with Gasteiger partial charge in [-0.1, -0.05) is 30.7 Å². The van der Waals surface area contributed by atoms with E-state index in [9.17, 15) is 0 Å². The van der Waals surface area contributed by atoms with E-state index in [1.165, 1.54) is 10.4 Å². The summed E-state index contributed by atoms with van der Waals surface area (Å²) in [6.07, 6.45) is 1.78. The van der Waals surface area contributed by atoms with Gasteiger partial charge in [0.15, 0.2) is 5.13 Å². The zero-order valence-electron chi connectivity index (χ0n) is 9.03. The summed E-state index contributed by atoms with van der Waals surface area (Å²) >= 11 is 7.52. The fourth-order valence-electron chi connectivity index (χ4n) is 1.65. The fourth-order valence-corrected chi connectivity index (χ4v) is 2.82. The lowest BCUT2D eigenvalue weighted by atomic mass is 10.1. The molecular weight excluding hydrogens is 240 g/mol. The van der Waals surface area contributed by atoms with Crippen LogP contribution in [0.25, 0.3) is 0 Å². The smallest absolute Gasteiger partial charge is 0.180 e. The van der Waals surface area contributed by atoms with Gasteiger partial charge in [0.1, 0.15) is 0 Å². The van der Waals surface area contributed by atoms with Gasteiger partial charge in [0.25, 0.3) is 0 Å². The lowest BCUT2D eigenvalue weighted by Gasteiger charge is -2.01. The third-order valence-electron chi connectivity index (χ3n) is 2.38. The summed E-state index contributed by atoms with van der Waals surface area (Å²) in [6, 6.07) is 7.90. The molecule has 4 heteroatoms. The van der Waals surface area contributed by atoms with E-state index in [1.807, 2.05) is 18.2 Å². The Hall–Kier alpha value is -1.06. The van der Waals surface area contributed by atoms with Crippen molar-refractivity contribution in [1.82, 2.24) is 4.98 Å². The first-order chi connectivity index (χ1) is 7.69. The molecule has 1 aromatic carbocycles. The van der Waals surface area contributed by atoms with E-state index in [-0.39, 0.29) is 0 Å². The lowest BCUT2D eigenvalue weighted by molar-refractivity contribution is 1.02. The maximum atomic E-state index is 5.95. The first-order valence-corrected chi connectivity index (χ1v) is 6.37. The molecule has 0 saturated carbocycles. The van der Waals surface area contributed by atoms with Crippen LogP contribution in [0, 0.1) is 0 Å². The van der Waals surface area contributed by atoms with E-state index >= 15 is 0 Å². The van der Waals surface area contributed by atoms with Crippen molar-refractivity contribution in [1.29, 1.82) is 0 Å². The normalized spacial score (nSPS) is 10.6. The Morgan fingerprint density at radius 3 is 2.94 bits per heavy atom. The second kappa shape index (κ2) is 4.85. The van der Waals surface area contributed by atoms with Crippen molar-refractivity contribution in [3.8, 4) is 0 Å². The highest BCUT2D eigenvalue weighted by Crippen LogP contribution is 2.24. The molecule has 0 fully saturated rings. The molecule has 16 heavy (non-hydrogen) atoms. The average molecular weight is 253 g/mol. The van der Waals surface area contributed by atoms with E-state index in [4.69, 9.17) is 17.3 Å². The van der Waals surface area contributed by atoms with E-state index in [0.29, 0.717) is 5.13 Å². The number of halogens is 1. The van der Waals surface area contributed by atoms with Gasteiger partial charge in [0.05, 0.1) is 5.69 Å². The third kappa shape index (κ3) is 2.54. The van der Waals surface area contributed by atoms with Crippen LogP contribution in [0.15, 0.2) is 24.3 Å². The first-order valence-electron chi connectivity index (χ1n) is 5.17. The number of nitrogen functional groups attached to an aromatic ring is 1. The van der Waals surface area contributed by atoms with Crippen LogP contribution in [-0.4, -0.2) is 4.98 Å². The van der Waals surface area contributed by atoms with E-state index in [2.05, 4.69) is 18.0 Å². The molecule has 2 N–H and O–H groups in total. The monoisotopic (exact) mass is 252 g/mol. The van der Waals surface area contributed by atoms with Crippen molar-refractivity contribution >= 4 is 28.1 Å². The van der Waals surface area contributed by atoms with Crippen LogP contribution in [0.3, 0.4) is 0 Å². The van der Waals surface area contributed by atoms with Crippen molar-refractivity contribution in [2.75, 3.05) is 5.73 Å². The molecule has 0 aliphatic carbocycles. The number of thiazole rings is 1. The highest BCUT2D eigenvalue weighted by atomic mass is 35.5. The molecule has 2 aromatic rings. The minimum absolute atomic E-state index is 0.647. The largest absolute Gasteiger partial charge is 0.375 e. The van der Waals surface area contributed by atoms with Crippen LogP contribution in [0.4, 0.5) is 5.13 Å². The predicted molar refractivity (Wildman–Crippen MR) is 70.2 cm³/mol. The van der Waals surface area contributed by atoms with Crippen LogP contribution in [0.1, 0.15) is 23.1 Å². The fraction of sp³-hybridized carbons (Fsp3) is 0.250. The number of hydrogen-bond donors (Lipinski definition) is 1. The van der Waals surface area contributed by atoms with E-state index in [0.717, 1.165) is 23.6 Å². The van der Waals surface area contributed by atoms with Crippen molar-refractivity contribution in [3.63, 3.8) is 0 Å². The standard InChI is InChI=1S/C12H13ClN2S/c1-2-10-11(16-12(14)15-10)7-8-4-3-5-9(13)6-8/h3-6H,2,7H2,1H3,(H2,14,15). The number of nitrogens with zero attached hydrogens (tertiary/aromatic N) is 1. The average Bonchev–Trinajstić information content (AvgIpc) is 2.59. The topological polar surface area (TPSA) is 38.9 Å². The van der Waals surface area contributed by atoms with Crippen LogP contribution >= 0.6 is 22.9 Å². The summed E-state index contributed by atoms with van der Waals surface area (Å²) in [5.41, 5.74) is 8.02. The summed E-state index contributed by atoms with van der Waals surface area (Å²) in [7, 11) is 0. The SMILES string of the molecule is CCc1nc(N)sc1Cc1cccc(Cl)c1. The Kier molecular flexibility index (Phi) is 3.46. The number of benzene rings is 1. The Balaban J connectivity index is 2.26. The van der Waals surface area contributed by atoms with E-state index in [1.54, 1.807) is 11.3 Å².